The molecule has 4 nitrogen and oxygen atoms in total. The van der Waals surface area contributed by atoms with Crippen molar-refractivity contribution in [3.8, 4) is 0 Å². The van der Waals surface area contributed by atoms with E-state index in [-0.39, 0.29) is 5.57 Å². The highest BCUT2D eigenvalue weighted by Crippen LogP contribution is 1.92. The van der Waals surface area contributed by atoms with Gasteiger partial charge in [0.05, 0.1) is 7.11 Å². The molecule has 0 aromatic carbocycles. The van der Waals surface area contributed by atoms with Gasteiger partial charge in [0.15, 0.2) is 0 Å². The molecule has 0 aliphatic carbocycles. The van der Waals surface area contributed by atoms with Crippen LogP contribution in [0.4, 0.5) is 0 Å². The van der Waals surface area contributed by atoms with Crippen molar-refractivity contribution in [2.75, 3.05) is 7.11 Å². The molecule has 0 bridgehead atoms. The van der Waals surface area contributed by atoms with Crippen molar-refractivity contribution in [2.24, 2.45) is 0 Å². The fraction of sp³-hybridized carbons (Fsp3) is 0.250. The maximum absolute atomic E-state index is 10.5. The molecule has 4 heteroatoms. The van der Waals surface area contributed by atoms with Crippen LogP contribution in [0.5, 0.6) is 0 Å². The van der Waals surface area contributed by atoms with E-state index in [4.69, 9.17) is 5.11 Å². The lowest BCUT2D eigenvalue weighted by Gasteiger charge is -1.88. The first-order chi connectivity index (χ1) is 5.57. The lowest BCUT2D eigenvalue weighted by Crippen LogP contribution is -1.96. The number of hydrogen-bond donors (Lipinski definition) is 1. The Morgan fingerprint density at radius 3 is 2.42 bits per heavy atom. The molecule has 0 aliphatic rings. The Morgan fingerprint density at radius 1 is 1.42 bits per heavy atom. The smallest absolute Gasteiger partial charge is 0.331 e. The molecule has 0 aromatic heterocycles. The summed E-state index contributed by atoms with van der Waals surface area (Å²) in [6.07, 6.45) is 3.79. The van der Waals surface area contributed by atoms with Gasteiger partial charge in [0.2, 0.25) is 0 Å². The zero-order chi connectivity index (χ0) is 9.56. The van der Waals surface area contributed by atoms with E-state index in [1.165, 1.54) is 26.2 Å². The van der Waals surface area contributed by atoms with Gasteiger partial charge in [-0.1, -0.05) is 12.2 Å². The summed E-state index contributed by atoms with van der Waals surface area (Å²) in [6.45, 7) is 1.43. The molecular weight excluding hydrogens is 160 g/mol. The van der Waals surface area contributed by atoms with Gasteiger partial charge >= 0.3 is 11.9 Å². The molecular formula is C8H10O4. The van der Waals surface area contributed by atoms with E-state index >= 15 is 0 Å². The normalized spacial score (nSPS) is 11.7. The van der Waals surface area contributed by atoms with Crippen molar-refractivity contribution >= 4 is 11.9 Å². The van der Waals surface area contributed by atoms with Crippen molar-refractivity contribution < 1.29 is 19.4 Å². The van der Waals surface area contributed by atoms with Gasteiger partial charge < -0.3 is 9.84 Å². The molecule has 0 rings (SSSR count). The first-order valence-corrected chi connectivity index (χ1v) is 3.24. The third kappa shape index (κ3) is 4.27. The number of ether oxygens (including phenoxy) is 1. The summed E-state index contributed by atoms with van der Waals surface area (Å²) >= 11 is 0. The molecule has 1 N–H and O–H groups in total. The molecule has 0 aromatic rings. The van der Waals surface area contributed by atoms with Gasteiger partial charge in [0, 0.05) is 11.6 Å². The van der Waals surface area contributed by atoms with Crippen LogP contribution >= 0.6 is 0 Å². The predicted octanol–water partition coefficient (Wildman–Crippen LogP) is 0.746. The highest BCUT2D eigenvalue weighted by atomic mass is 16.5. The zero-order valence-corrected chi connectivity index (χ0v) is 6.90. The number of allylic oxidation sites excluding steroid dienone is 2. The highest BCUT2D eigenvalue weighted by Gasteiger charge is 1.96. The van der Waals surface area contributed by atoms with Crippen molar-refractivity contribution in [3.05, 3.63) is 23.8 Å². The quantitative estimate of drug-likeness (QED) is 0.385. The Kier molecular flexibility index (Phi) is 4.45. The molecule has 0 amide bonds. The maximum atomic E-state index is 10.5. The second-order valence-corrected chi connectivity index (χ2v) is 2.04. The van der Waals surface area contributed by atoms with E-state index in [9.17, 15) is 9.59 Å². The second-order valence-electron chi connectivity index (χ2n) is 2.04. The lowest BCUT2D eigenvalue weighted by molar-refractivity contribution is -0.135. The third-order valence-electron chi connectivity index (χ3n) is 1.12. The van der Waals surface area contributed by atoms with Gasteiger partial charge in [0.25, 0.3) is 0 Å². The van der Waals surface area contributed by atoms with Gasteiger partial charge in [-0.25, -0.2) is 9.59 Å². The number of carboxylic acid groups (broad SMARTS) is 1. The van der Waals surface area contributed by atoms with Crippen LogP contribution in [-0.4, -0.2) is 24.2 Å². The Bertz CT molecular complexity index is 237. The Hall–Kier alpha value is -1.58. The predicted molar refractivity (Wildman–Crippen MR) is 42.5 cm³/mol. The molecule has 0 spiro atoms. The summed E-state index contributed by atoms with van der Waals surface area (Å²) in [6, 6.07) is 0. The number of hydrogen-bond acceptors (Lipinski definition) is 3. The number of carboxylic acids is 1. The van der Waals surface area contributed by atoms with Crippen LogP contribution in [0.15, 0.2) is 23.8 Å². The topological polar surface area (TPSA) is 63.6 Å². The first kappa shape index (κ1) is 10.4. The van der Waals surface area contributed by atoms with E-state index in [1.54, 1.807) is 0 Å². The third-order valence-corrected chi connectivity index (χ3v) is 1.12. The molecule has 0 heterocycles. The van der Waals surface area contributed by atoms with E-state index in [0.717, 1.165) is 6.08 Å². The van der Waals surface area contributed by atoms with Crippen LogP contribution in [0.3, 0.4) is 0 Å². The van der Waals surface area contributed by atoms with Crippen LogP contribution in [0.1, 0.15) is 6.92 Å². The van der Waals surface area contributed by atoms with E-state index in [2.05, 4.69) is 4.74 Å². The number of carbonyl (C=O) groups is 2. The number of methoxy groups -OCH3 is 1. The Morgan fingerprint density at radius 2 is 2.00 bits per heavy atom. The van der Waals surface area contributed by atoms with E-state index < -0.39 is 11.9 Å². The average Bonchev–Trinajstić information content (AvgIpc) is 2.03. The number of aliphatic carboxylic acids is 1. The van der Waals surface area contributed by atoms with Crippen LogP contribution in [0, 0.1) is 0 Å². The largest absolute Gasteiger partial charge is 0.478 e. The van der Waals surface area contributed by atoms with Gasteiger partial charge in [-0.2, -0.15) is 0 Å². The van der Waals surface area contributed by atoms with Gasteiger partial charge in [-0.15, -0.1) is 0 Å². The molecule has 0 atom stereocenters. The standard InChI is InChI=1S/C8H10O4/c1-6(8(10)11)4-3-5-7(9)12-2/h3-5H,1-2H3,(H,10,11). The molecule has 66 valence electrons. The molecule has 0 fully saturated rings. The molecule has 0 radical (unpaired) electrons. The minimum Gasteiger partial charge on any atom is -0.478 e. The summed E-state index contributed by atoms with van der Waals surface area (Å²) in [5.41, 5.74) is 0.162. The van der Waals surface area contributed by atoms with Crippen molar-refractivity contribution in [2.45, 2.75) is 6.92 Å². The van der Waals surface area contributed by atoms with Crippen molar-refractivity contribution in [1.82, 2.24) is 0 Å². The van der Waals surface area contributed by atoms with Gasteiger partial charge in [-0.05, 0) is 6.92 Å². The SMILES string of the molecule is COC(=O)C=CC=C(C)C(=O)O. The minimum absolute atomic E-state index is 0.162. The van der Waals surface area contributed by atoms with E-state index in [0.29, 0.717) is 0 Å². The molecule has 0 unspecified atom stereocenters. The zero-order valence-electron chi connectivity index (χ0n) is 6.90. The average molecular weight is 170 g/mol. The summed E-state index contributed by atoms with van der Waals surface area (Å²) < 4.78 is 4.29. The first-order valence-electron chi connectivity index (χ1n) is 3.24. The molecule has 0 saturated heterocycles. The van der Waals surface area contributed by atoms with Gasteiger partial charge in [0.1, 0.15) is 0 Å². The van der Waals surface area contributed by atoms with Crippen molar-refractivity contribution in [1.29, 1.82) is 0 Å². The summed E-state index contributed by atoms with van der Waals surface area (Å²) in [5, 5.41) is 8.39. The highest BCUT2D eigenvalue weighted by molar-refractivity contribution is 5.87. The van der Waals surface area contributed by atoms with Crippen molar-refractivity contribution in [3.63, 3.8) is 0 Å². The fourth-order valence-electron chi connectivity index (χ4n) is 0.410. The lowest BCUT2D eigenvalue weighted by atomic mass is 10.3. The number of esters is 1. The van der Waals surface area contributed by atoms with Crippen LogP contribution in [0.2, 0.25) is 0 Å². The number of rotatable bonds is 3. The minimum atomic E-state index is -1.01. The van der Waals surface area contributed by atoms with Crippen LogP contribution < -0.4 is 0 Å². The molecule has 0 saturated carbocycles. The summed E-state index contributed by atoms with van der Waals surface area (Å²) in [7, 11) is 1.25. The number of carbonyl (C=O) groups excluding carboxylic acids is 1. The fourth-order valence-corrected chi connectivity index (χ4v) is 0.410. The maximum Gasteiger partial charge on any atom is 0.331 e. The monoisotopic (exact) mass is 170 g/mol. The molecule has 0 aliphatic heterocycles. The van der Waals surface area contributed by atoms with Crippen LogP contribution in [0.25, 0.3) is 0 Å². The van der Waals surface area contributed by atoms with Crippen LogP contribution in [-0.2, 0) is 14.3 Å². The molecule has 12 heavy (non-hydrogen) atoms. The summed E-state index contributed by atoms with van der Waals surface area (Å²) in [5.74, 6) is -1.52. The van der Waals surface area contributed by atoms with E-state index in [1.807, 2.05) is 0 Å². The second kappa shape index (κ2) is 5.12. The summed E-state index contributed by atoms with van der Waals surface area (Å²) in [4.78, 5) is 20.7. The van der Waals surface area contributed by atoms with Gasteiger partial charge in [-0.3, -0.25) is 0 Å². The Labute approximate surface area is 70.1 Å². The Balaban J connectivity index is 4.12.